The zero-order valence-corrected chi connectivity index (χ0v) is 18.0. The second kappa shape index (κ2) is 7.90. The Morgan fingerprint density at radius 2 is 1.91 bits per heavy atom. The fourth-order valence-corrected chi connectivity index (χ4v) is 5.05. The van der Waals surface area contributed by atoms with Crippen LogP contribution in [-0.2, 0) is 9.47 Å². The molecule has 9 heteroatoms. The van der Waals surface area contributed by atoms with Crippen LogP contribution in [0.3, 0.4) is 0 Å². The highest BCUT2D eigenvalue weighted by atomic mass is 35.5. The normalized spacial score (nSPS) is 29.7. The summed E-state index contributed by atoms with van der Waals surface area (Å²) in [5, 5.41) is 20.2. The van der Waals surface area contributed by atoms with Gasteiger partial charge in [-0.3, -0.25) is 0 Å². The number of aliphatic hydroxyl groups excluding tert-OH is 2. The number of benzene rings is 1. The molecule has 0 bridgehead atoms. The van der Waals surface area contributed by atoms with E-state index >= 15 is 0 Å². The summed E-state index contributed by atoms with van der Waals surface area (Å²) in [6, 6.07) is 11.8. The molecule has 8 nitrogen and oxygen atoms in total. The van der Waals surface area contributed by atoms with Crippen LogP contribution in [0.1, 0.15) is 6.42 Å². The number of fused-ring (bicyclic) bond motifs is 2. The Hall–Kier alpha value is -2.36. The number of ether oxygens (including phenoxy) is 3. The van der Waals surface area contributed by atoms with Gasteiger partial charge in [-0.05, 0) is 24.6 Å². The Morgan fingerprint density at radius 1 is 1.09 bits per heavy atom. The molecule has 168 valence electrons. The molecular weight excluding hydrogens is 434 g/mol. The minimum atomic E-state index is -0.610. The summed E-state index contributed by atoms with van der Waals surface area (Å²) in [5.41, 5.74) is 4.22. The molecule has 2 aromatic heterocycles. The van der Waals surface area contributed by atoms with E-state index in [1.807, 2.05) is 36.4 Å². The third-order valence-corrected chi connectivity index (χ3v) is 6.75. The maximum Gasteiger partial charge on any atom is 0.193 e. The van der Waals surface area contributed by atoms with E-state index < -0.39 is 6.10 Å². The molecule has 0 aliphatic carbocycles. The number of pyridine rings is 1. The molecule has 3 saturated heterocycles. The van der Waals surface area contributed by atoms with Crippen molar-refractivity contribution in [3.63, 3.8) is 0 Å². The number of anilines is 1. The van der Waals surface area contributed by atoms with Crippen molar-refractivity contribution in [2.75, 3.05) is 31.2 Å². The minimum absolute atomic E-state index is 0.259. The van der Waals surface area contributed by atoms with E-state index in [0.29, 0.717) is 29.7 Å². The van der Waals surface area contributed by atoms with Gasteiger partial charge in [0.05, 0.1) is 41.1 Å². The zero-order valence-electron chi connectivity index (χ0n) is 17.3. The number of nitrogens with one attached hydrogen (secondary N) is 1. The number of hydrogen-bond donors (Lipinski definition) is 3. The second-order valence-electron chi connectivity index (χ2n) is 8.64. The molecule has 5 atom stereocenters. The van der Waals surface area contributed by atoms with Gasteiger partial charge in [0.15, 0.2) is 12.0 Å². The van der Waals surface area contributed by atoms with Crippen molar-refractivity contribution in [3.8, 4) is 17.1 Å². The number of nitrogens with zero attached hydrogens (tertiary/aromatic N) is 2. The van der Waals surface area contributed by atoms with Gasteiger partial charge < -0.3 is 34.3 Å². The Balaban J connectivity index is 1.23. The lowest BCUT2D eigenvalue weighted by molar-refractivity contribution is 0.00794. The summed E-state index contributed by atoms with van der Waals surface area (Å²) in [6.07, 6.45) is -0.984. The first kappa shape index (κ1) is 20.3. The van der Waals surface area contributed by atoms with E-state index in [9.17, 15) is 10.2 Å². The van der Waals surface area contributed by atoms with Crippen LogP contribution in [0.15, 0.2) is 36.4 Å². The van der Waals surface area contributed by atoms with Crippen LogP contribution >= 0.6 is 11.6 Å². The van der Waals surface area contributed by atoms with Crippen molar-refractivity contribution in [2.45, 2.75) is 36.9 Å². The predicted molar refractivity (Wildman–Crippen MR) is 119 cm³/mol. The molecule has 0 unspecified atom stereocenters. The molecule has 6 rings (SSSR count). The van der Waals surface area contributed by atoms with Crippen LogP contribution in [-0.4, -0.2) is 77.0 Å². The minimum Gasteiger partial charge on any atom is -0.470 e. The number of rotatable bonds is 4. The van der Waals surface area contributed by atoms with Crippen molar-refractivity contribution in [3.05, 3.63) is 41.4 Å². The number of hydrogen-bond acceptors (Lipinski definition) is 7. The Morgan fingerprint density at radius 3 is 2.69 bits per heavy atom. The van der Waals surface area contributed by atoms with Crippen molar-refractivity contribution in [2.24, 2.45) is 0 Å². The molecule has 5 heterocycles. The third-order valence-electron chi connectivity index (χ3n) is 6.46. The van der Waals surface area contributed by atoms with Gasteiger partial charge in [0.1, 0.15) is 18.3 Å². The summed E-state index contributed by atoms with van der Waals surface area (Å²) < 4.78 is 17.3. The molecule has 3 fully saturated rings. The average molecular weight is 458 g/mol. The van der Waals surface area contributed by atoms with Crippen LogP contribution < -0.4 is 9.64 Å². The van der Waals surface area contributed by atoms with Gasteiger partial charge in [-0.15, -0.1) is 0 Å². The molecule has 0 radical (unpaired) electrons. The molecule has 1 aromatic carbocycles. The van der Waals surface area contributed by atoms with Gasteiger partial charge in [-0.2, -0.15) is 0 Å². The highest BCUT2D eigenvalue weighted by Gasteiger charge is 2.48. The van der Waals surface area contributed by atoms with Crippen LogP contribution in [0.4, 0.5) is 5.69 Å². The van der Waals surface area contributed by atoms with Gasteiger partial charge in [-0.25, -0.2) is 4.98 Å². The third kappa shape index (κ3) is 3.52. The smallest absolute Gasteiger partial charge is 0.193 e. The van der Waals surface area contributed by atoms with Gasteiger partial charge in [0.25, 0.3) is 0 Å². The van der Waals surface area contributed by atoms with E-state index in [0.717, 1.165) is 35.2 Å². The lowest BCUT2D eigenvalue weighted by Crippen LogP contribution is -2.34. The van der Waals surface area contributed by atoms with E-state index in [1.54, 1.807) is 0 Å². The van der Waals surface area contributed by atoms with Gasteiger partial charge >= 0.3 is 0 Å². The standard InChI is InChI=1S/C23H24ClN3O5/c24-15-7-16-17(8-20(25-16)32-19-11-31-22-18(29)10-30-23(19)22)26-21(15)12-1-3-13(4-2-12)27-6-5-14(28)9-27/h1-4,7-8,14,18-19,22-23,25,28-29H,5-6,9-11H2/t14-,18-,19-,22-,23-/m1/s1. The highest BCUT2D eigenvalue weighted by molar-refractivity contribution is 6.33. The summed E-state index contributed by atoms with van der Waals surface area (Å²) in [7, 11) is 0. The maximum absolute atomic E-state index is 9.91. The molecule has 0 spiro atoms. The molecule has 3 aliphatic heterocycles. The lowest BCUT2D eigenvalue weighted by Gasteiger charge is -2.18. The number of aromatic nitrogens is 2. The number of H-pyrrole nitrogens is 1. The summed E-state index contributed by atoms with van der Waals surface area (Å²) in [5.74, 6) is 0.558. The first-order chi connectivity index (χ1) is 15.5. The SMILES string of the molecule is O[C@@H]1CCN(c2ccc(-c3nc4cc(O[C@@H]5CO[C@H]6[C@@H]5OC[C@H]6O)[nH]c4cc3Cl)cc2)C1. The molecule has 0 amide bonds. The number of aliphatic hydroxyl groups is 2. The summed E-state index contributed by atoms with van der Waals surface area (Å²) >= 11 is 6.56. The fraction of sp³-hybridized carbons (Fsp3) is 0.435. The zero-order chi connectivity index (χ0) is 21.8. The maximum atomic E-state index is 9.91. The average Bonchev–Trinajstić information content (AvgIpc) is 3.55. The molecule has 3 N–H and O–H groups in total. The van der Waals surface area contributed by atoms with Crippen molar-refractivity contribution >= 4 is 28.3 Å². The fourth-order valence-electron chi connectivity index (χ4n) is 4.79. The predicted octanol–water partition coefficient (Wildman–Crippen LogP) is 2.36. The topological polar surface area (TPSA) is 100 Å². The van der Waals surface area contributed by atoms with Gasteiger partial charge in [-0.1, -0.05) is 23.7 Å². The van der Waals surface area contributed by atoms with Crippen molar-refractivity contribution in [1.82, 2.24) is 9.97 Å². The monoisotopic (exact) mass is 457 g/mol. The van der Waals surface area contributed by atoms with Crippen molar-refractivity contribution < 1.29 is 24.4 Å². The summed E-state index contributed by atoms with van der Waals surface area (Å²) in [4.78, 5) is 10.1. The lowest BCUT2D eigenvalue weighted by atomic mass is 10.1. The van der Waals surface area contributed by atoms with E-state index in [1.165, 1.54) is 0 Å². The van der Waals surface area contributed by atoms with Crippen LogP contribution in [0, 0.1) is 0 Å². The van der Waals surface area contributed by atoms with Gasteiger partial charge in [0.2, 0.25) is 0 Å². The largest absolute Gasteiger partial charge is 0.470 e. The Labute approximate surface area is 189 Å². The van der Waals surface area contributed by atoms with Crippen LogP contribution in [0.5, 0.6) is 5.88 Å². The summed E-state index contributed by atoms with van der Waals surface area (Å²) in [6.45, 7) is 2.14. The number of β-amino-alcohol motifs (C(OH)–C–C–N with tert-alkyl or cyclic N) is 1. The molecule has 32 heavy (non-hydrogen) atoms. The van der Waals surface area contributed by atoms with Crippen molar-refractivity contribution in [1.29, 1.82) is 0 Å². The van der Waals surface area contributed by atoms with E-state index in [-0.39, 0.29) is 31.0 Å². The van der Waals surface area contributed by atoms with Crippen LogP contribution in [0.25, 0.3) is 22.3 Å². The first-order valence-corrected chi connectivity index (χ1v) is 11.2. The van der Waals surface area contributed by atoms with Crippen LogP contribution in [0.2, 0.25) is 5.02 Å². The molecule has 3 aliphatic rings. The van der Waals surface area contributed by atoms with E-state index in [2.05, 4.69) is 9.88 Å². The number of halogens is 1. The first-order valence-electron chi connectivity index (χ1n) is 10.9. The highest BCUT2D eigenvalue weighted by Crippen LogP contribution is 2.34. The Kier molecular flexibility index (Phi) is 5.00. The molecular formula is C23H24ClN3O5. The molecule has 3 aromatic rings. The second-order valence-corrected chi connectivity index (χ2v) is 9.05. The van der Waals surface area contributed by atoms with Gasteiger partial charge in [0, 0.05) is 30.4 Å². The Bertz CT molecular complexity index is 1140. The quantitative estimate of drug-likeness (QED) is 0.553. The number of aromatic amines is 1. The van der Waals surface area contributed by atoms with E-state index in [4.69, 9.17) is 30.8 Å². The molecule has 0 saturated carbocycles.